The van der Waals surface area contributed by atoms with Crippen molar-refractivity contribution >= 4 is 0 Å². The lowest BCUT2D eigenvalue weighted by atomic mass is 9.72. The van der Waals surface area contributed by atoms with Crippen LogP contribution in [-0.2, 0) is 30.5 Å². The second-order valence-electron chi connectivity index (χ2n) is 11.4. The van der Waals surface area contributed by atoms with Gasteiger partial charge in [-0.15, -0.1) is 0 Å². The molecule has 0 aromatic heterocycles. The molecule has 3 atom stereocenters. The fourth-order valence-corrected chi connectivity index (χ4v) is 5.76. The molecule has 0 spiro atoms. The first kappa shape index (κ1) is 26.5. The van der Waals surface area contributed by atoms with E-state index >= 15 is 0 Å². The van der Waals surface area contributed by atoms with Crippen molar-refractivity contribution in [2.24, 2.45) is 11.8 Å². The standard InChI is InChI=1S/C32H44N2O2/c1-7-34(22-24-10-8-23(9-11-24)21-32(2,3)33(4)5)31-20-29(36-6)16-17-30(31)27-13-12-26-19-28(35)15-14-25(26)18-27/h8-11,14-17,19-20,27,30-31,35H,7,12-13,18,21-22H2,1-6H3/t27-,30?,31?/m1/s1. The van der Waals surface area contributed by atoms with E-state index in [0.717, 1.165) is 44.5 Å². The Hall–Kier alpha value is -2.56. The van der Waals surface area contributed by atoms with E-state index in [-0.39, 0.29) is 5.54 Å². The van der Waals surface area contributed by atoms with Gasteiger partial charge in [0.2, 0.25) is 0 Å². The zero-order valence-electron chi connectivity index (χ0n) is 23.0. The summed E-state index contributed by atoms with van der Waals surface area (Å²) in [4.78, 5) is 4.89. The van der Waals surface area contributed by atoms with Gasteiger partial charge >= 0.3 is 0 Å². The number of benzene rings is 2. The summed E-state index contributed by atoms with van der Waals surface area (Å²) in [7, 11) is 6.07. The highest BCUT2D eigenvalue weighted by molar-refractivity contribution is 5.37. The first-order chi connectivity index (χ1) is 17.2. The van der Waals surface area contributed by atoms with Crippen molar-refractivity contribution in [1.29, 1.82) is 0 Å². The quantitative estimate of drug-likeness (QED) is 0.471. The minimum absolute atomic E-state index is 0.136. The fraction of sp³-hybridized carbons (Fsp3) is 0.500. The Labute approximate surface area is 218 Å². The number of hydrogen-bond donors (Lipinski definition) is 1. The Kier molecular flexibility index (Phi) is 8.27. The number of hydrogen-bond acceptors (Lipinski definition) is 4. The van der Waals surface area contributed by atoms with Gasteiger partial charge in [0.25, 0.3) is 0 Å². The number of phenolic OH excluding ortho intramolecular Hbond substituents is 1. The third-order valence-electron chi connectivity index (χ3n) is 8.53. The Morgan fingerprint density at radius 2 is 1.75 bits per heavy atom. The molecule has 0 radical (unpaired) electrons. The molecule has 2 aliphatic carbocycles. The number of rotatable bonds is 9. The predicted octanol–water partition coefficient (Wildman–Crippen LogP) is 5.99. The van der Waals surface area contributed by atoms with Crippen LogP contribution >= 0.6 is 0 Å². The van der Waals surface area contributed by atoms with Crippen LogP contribution < -0.4 is 0 Å². The molecule has 194 valence electrons. The van der Waals surface area contributed by atoms with Crippen molar-refractivity contribution in [2.75, 3.05) is 27.7 Å². The molecule has 0 saturated heterocycles. The van der Waals surface area contributed by atoms with Crippen molar-refractivity contribution in [1.82, 2.24) is 9.80 Å². The molecule has 0 fully saturated rings. The highest BCUT2D eigenvalue weighted by Gasteiger charge is 2.34. The minimum atomic E-state index is 0.136. The van der Waals surface area contributed by atoms with E-state index in [1.54, 1.807) is 7.11 Å². The van der Waals surface area contributed by atoms with E-state index in [4.69, 9.17) is 4.74 Å². The van der Waals surface area contributed by atoms with Gasteiger partial charge in [-0.1, -0.05) is 43.3 Å². The van der Waals surface area contributed by atoms with Gasteiger partial charge < -0.3 is 14.7 Å². The van der Waals surface area contributed by atoms with Crippen LogP contribution in [0.1, 0.15) is 49.4 Å². The Morgan fingerprint density at radius 1 is 1.03 bits per heavy atom. The van der Waals surface area contributed by atoms with Gasteiger partial charge in [0.05, 0.1) is 7.11 Å². The summed E-state index contributed by atoms with van der Waals surface area (Å²) in [6.07, 6.45) is 11.1. The summed E-state index contributed by atoms with van der Waals surface area (Å²) in [5.74, 6) is 2.34. The first-order valence-electron chi connectivity index (χ1n) is 13.4. The van der Waals surface area contributed by atoms with Crippen LogP contribution in [0, 0.1) is 11.8 Å². The summed E-state index contributed by atoms with van der Waals surface area (Å²) in [6, 6.07) is 15.4. The molecule has 0 saturated carbocycles. The van der Waals surface area contributed by atoms with Gasteiger partial charge in [-0.2, -0.15) is 0 Å². The van der Waals surface area contributed by atoms with E-state index in [9.17, 15) is 5.11 Å². The molecule has 4 heteroatoms. The second kappa shape index (κ2) is 11.2. The average Bonchev–Trinajstić information content (AvgIpc) is 2.87. The SMILES string of the molecule is CCN(Cc1ccc(CC(C)(C)N(C)C)cc1)C1C=C(OC)C=CC1[C@@H]1CCc2cc(O)ccc2C1. The van der Waals surface area contributed by atoms with E-state index < -0.39 is 0 Å². The molecule has 0 heterocycles. The lowest BCUT2D eigenvalue weighted by Gasteiger charge is -2.41. The smallest absolute Gasteiger partial charge is 0.116 e. The third-order valence-corrected chi connectivity index (χ3v) is 8.53. The first-order valence-corrected chi connectivity index (χ1v) is 13.4. The molecule has 0 amide bonds. The maximum Gasteiger partial charge on any atom is 0.116 e. The summed E-state index contributed by atoms with van der Waals surface area (Å²) in [6.45, 7) is 8.76. The number of likely N-dealkylation sites (N-methyl/N-ethyl adjacent to an activating group) is 2. The van der Waals surface area contributed by atoms with E-state index in [2.05, 4.69) is 93.2 Å². The molecular weight excluding hydrogens is 444 g/mol. The molecule has 0 bridgehead atoms. The van der Waals surface area contributed by atoms with Crippen molar-refractivity contribution in [3.63, 3.8) is 0 Å². The number of aryl methyl sites for hydroxylation is 1. The Bertz CT molecular complexity index is 1080. The van der Waals surface area contributed by atoms with Crippen LogP contribution in [0.5, 0.6) is 5.75 Å². The van der Waals surface area contributed by atoms with E-state index in [0.29, 0.717) is 23.6 Å². The number of allylic oxidation sites excluding steroid dienone is 1. The van der Waals surface area contributed by atoms with Gasteiger partial charge in [0, 0.05) is 18.1 Å². The van der Waals surface area contributed by atoms with Crippen LogP contribution in [0.2, 0.25) is 0 Å². The molecule has 2 aromatic rings. The molecule has 4 rings (SSSR count). The monoisotopic (exact) mass is 488 g/mol. The van der Waals surface area contributed by atoms with Crippen LogP contribution in [0.4, 0.5) is 0 Å². The Morgan fingerprint density at radius 3 is 2.42 bits per heavy atom. The molecule has 2 aromatic carbocycles. The largest absolute Gasteiger partial charge is 0.508 e. The number of aromatic hydroxyl groups is 1. The molecule has 1 N–H and O–H groups in total. The highest BCUT2D eigenvalue weighted by atomic mass is 16.5. The molecule has 36 heavy (non-hydrogen) atoms. The lowest BCUT2D eigenvalue weighted by Crippen LogP contribution is -2.43. The summed E-state index contributed by atoms with van der Waals surface area (Å²) in [5.41, 5.74) is 5.57. The van der Waals surface area contributed by atoms with Crippen molar-refractivity contribution in [3.8, 4) is 5.75 Å². The lowest BCUT2D eigenvalue weighted by molar-refractivity contribution is 0.147. The topological polar surface area (TPSA) is 35.9 Å². The zero-order chi connectivity index (χ0) is 25.9. The van der Waals surface area contributed by atoms with Gasteiger partial charge in [0.15, 0.2) is 0 Å². The normalized spacial score (nSPS) is 22.0. The molecule has 4 nitrogen and oxygen atoms in total. The number of phenols is 1. The van der Waals surface area contributed by atoms with Crippen molar-refractivity contribution < 1.29 is 9.84 Å². The number of ether oxygens (including phenoxy) is 1. The van der Waals surface area contributed by atoms with Crippen molar-refractivity contribution in [3.05, 3.63) is 88.7 Å². The third kappa shape index (κ3) is 6.04. The van der Waals surface area contributed by atoms with Crippen LogP contribution in [-0.4, -0.2) is 54.2 Å². The van der Waals surface area contributed by atoms with Gasteiger partial charge in [-0.25, -0.2) is 0 Å². The van der Waals surface area contributed by atoms with Crippen LogP contribution in [0.25, 0.3) is 0 Å². The van der Waals surface area contributed by atoms with E-state index in [1.807, 2.05) is 12.1 Å². The second-order valence-corrected chi connectivity index (χ2v) is 11.4. The fourth-order valence-electron chi connectivity index (χ4n) is 5.76. The zero-order valence-corrected chi connectivity index (χ0v) is 23.0. The Balaban J connectivity index is 1.51. The van der Waals surface area contributed by atoms with Crippen LogP contribution in [0.15, 0.2) is 66.5 Å². The molecule has 0 aliphatic heterocycles. The summed E-state index contributed by atoms with van der Waals surface area (Å²) in [5, 5.41) is 9.90. The van der Waals surface area contributed by atoms with Gasteiger partial charge in [-0.05, 0) is 119 Å². The van der Waals surface area contributed by atoms with E-state index in [1.165, 1.54) is 22.3 Å². The minimum Gasteiger partial charge on any atom is -0.508 e. The summed E-state index contributed by atoms with van der Waals surface area (Å²) < 4.78 is 5.67. The summed E-state index contributed by atoms with van der Waals surface area (Å²) >= 11 is 0. The number of nitrogens with zero attached hydrogens (tertiary/aromatic N) is 2. The maximum absolute atomic E-state index is 9.90. The highest BCUT2D eigenvalue weighted by Crippen LogP contribution is 2.38. The van der Waals surface area contributed by atoms with Gasteiger partial charge in [0.1, 0.15) is 11.5 Å². The van der Waals surface area contributed by atoms with Gasteiger partial charge in [-0.3, -0.25) is 4.90 Å². The molecule has 2 unspecified atom stereocenters. The van der Waals surface area contributed by atoms with Crippen LogP contribution in [0.3, 0.4) is 0 Å². The average molecular weight is 489 g/mol. The number of fused-ring (bicyclic) bond motifs is 1. The molecular formula is C32H44N2O2. The maximum atomic E-state index is 9.90. The van der Waals surface area contributed by atoms with Crippen molar-refractivity contribution in [2.45, 2.75) is 64.6 Å². The number of methoxy groups -OCH3 is 1. The predicted molar refractivity (Wildman–Crippen MR) is 149 cm³/mol. The molecule has 2 aliphatic rings.